The normalized spacial score (nSPS) is 11.5. The molecule has 112 valence electrons. The van der Waals surface area contributed by atoms with Crippen LogP contribution in [0.15, 0.2) is 64.4 Å². The topological polar surface area (TPSA) is 46.2 Å². The number of nitrogens with one attached hydrogen (secondary N) is 1. The van der Waals surface area contributed by atoms with Crippen molar-refractivity contribution in [1.82, 2.24) is 5.32 Å². The highest BCUT2D eigenvalue weighted by molar-refractivity contribution is 7.99. The third-order valence-corrected chi connectivity index (χ3v) is 5.11. The first-order valence-corrected chi connectivity index (χ1v) is 9.61. The van der Waals surface area contributed by atoms with Gasteiger partial charge in [0.25, 0.3) is 0 Å². The average Bonchev–Trinajstić information content (AvgIpc) is 2.47. The molecule has 0 aromatic heterocycles. The van der Waals surface area contributed by atoms with Gasteiger partial charge in [0.05, 0.1) is 4.90 Å². The molecule has 0 atom stereocenters. The molecule has 0 spiro atoms. The number of thioether (sulfide) groups is 1. The molecule has 2 rings (SSSR count). The maximum atomic E-state index is 11.4. The van der Waals surface area contributed by atoms with Crippen LogP contribution in [-0.2, 0) is 16.4 Å². The van der Waals surface area contributed by atoms with Crippen LogP contribution >= 0.6 is 11.8 Å². The van der Waals surface area contributed by atoms with E-state index in [1.807, 2.05) is 42.1 Å². The molecular weight excluding hydrogens is 302 g/mol. The van der Waals surface area contributed by atoms with Crippen molar-refractivity contribution in [2.45, 2.75) is 16.3 Å². The van der Waals surface area contributed by atoms with Gasteiger partial charge in [-0.1, -0.05) is 30.3 Å². The Bertz CT molecular complexity index is 652. The van der Waals surface area contributed by atoms with Crippen molar-refractivity contribution < 1.29 is 8.42 Å². The fourth-order valence-corrected chi connectivity index (χ4v) is 3.31. The summed E-state index contributed by atoms with van der Waals surface area (Å²) < 4.78 is 22.7. The summed E-state index contributed by atoms with van der Waals surface area (Å²) in [7, 11) is -3.10. The molecule has 0 fully saturated rings. The van der Waals surface area contributed by atoms with Crippen molar-refractivity contribution in [3.05, 3.63) is 60.2 Å². The van der Waals surface area contributed by atoms with Crippen LogP contribution in [0, 0.1) is 0 Å². The molecule has 2 aromatic rings. The predicted molar refractivity (Wildman–Crippen MR) is 88.4 cm³/mol. The van der Waals surface area contributed by atoms with Gasteiger partial charge in [0.1, 0.15) is 0 Å². The molecule has 1 N–H and O–H groups in total. The summed E-state index contributed by atoms with van der Waals surface area (Å²) in [6, 6.07) is 17.3. The predicted octanol–water partition coefficient (Wildman–Crippen LogP) is 2.97. The number of rotatable bonds is 7. The second-order valence-corrected chi connectivity index (χ2v) is 7.94. The highest BCUT2D eigenvalue weighted by Crippen LogP contribution is 2.16. The summed E-state index contributed by atoms with van der Waals surface area (Å²) in [6.45, 7) is 1.66. The minimum absolute atomic E-state index is 0.367. The van der Waals surface area contributed by atoms with Gasteiger partial charge in [-0.2, -0.15) is 0 Å². The minimum Gasteiger partial charge on any atom is -0.312 e. The lowest BCUT2D eigenvalue weighted by molar-refractivity contribution is 0.602. The van der Waals surface area contributed by atoms with Gasteiger partial charge in [0, 0.05) is 30.0 Å². The Morgan fingerprint density at radius 2 is 1.67 bits per heavy atom. The van der Waals surface area contributed by atoms with Gasteiger partial charge in [-0.05, 0) is 29.8 Å². The van der Waals surface area contributed by atoms with Gasteiger partial charge >= 0.3 is 0 Å². The van der Waals surface area contributed by atoms with Crippen molar-refractivity contribution in [2.24, 2.45) is 0 Å². The number of sulfone groups is 1. The van der Waals surface area contributed by atoms with Gasteiger partial charge in [-0.25, -0.2) is 8.42 Å². The lowest BCUT2D eigenvalue weighted by Gasteiger charge is -2.06. The largest absolute Gasteiger partial charge is 0.312 e. The number of benzene rings is 2. The molecule has 0 radical (unpaired) electrons. The highest BCUT2D eigenvalue weighted by Gasteiger charge is 2.05. The van der Waals surface area contributed by atoms with Gasteiger partial charge in [0.2, 0.25) is 0 Å². The third-order valence-electron chi connectivity index (χ3n) is 2.97. The molecule has 21 heavy (non-hydrogen) atoms. The highest BCUT2D eigenvalue weighted by atomic mass is 32.2. The summed E-state index contributed by atoms with van der Waals surface area (Å²) in [5, 5.41) is 3.36. The minimum atomic E-state index is -3.10. The van der Waals surface area contributed by atoms with E-state index in [4.69, 9.17) is 0 Å². The Hall–Kier alpha value is -1.30. The van der Waals surface area contributed by atoms with E-state index in [0.717, 1.165) is 24.4 Å². The van der Waals surface area contributed by atoms with Crippen molar-refractivity contribution in [3.63, 3.8) is 0 Å². The molecule has 0 bridgehead atoms. The number of hydrogen-bond acceptors (Lipinski definition) is 4. The molecule has 0 heterocycles. The van der Waals surface area contributed by atoms with E-state index in [9.17, 15) is 8.42 Å². The molecule has 0 unspecified atom stereocenters. The maximum Gasteiger partial charge on any atom is 0.175 e. The van der Waals surface area contributed by atoms with E-state index in [0.29, 0.717) is 4.90 Å². The van der Waals surface area contributed by atoms with E-state index in [1.165, 1.54) is 11.2 Å². The Labute approximate surface area is 130 Å². The SMILES string of the molecule is CS(=O)(=O)c1ccc(CNCCSc2ccccc2)cc1. The van der Waals surface area contributed by atoms with Crippen LogP contribution < -0.4 is 5.32 Å². The van der Waals surface area contributed by atoms with Crippen molar-refractivity contribution in [3.8, 4) is 0 Å². The third kappa shape index (κ3) is 5.53. The van der Waals surface area contributed by atoms with Crippen LogP contribution in [0.3, 0.4) is 0 Å². The van der Waals surface area contributed by atoms with Crippen LogP contribution in [-0.4, -0.2) is 27.0 Å². The maximum absolute atomic E-state index is 11.4. The lowest BCUT2D eigenvalue weighted by Crippen LogP contribution is -2.16. The summed E-state index contributed by atoms with van der Waals surface area (Å²) in [4.78, 5) is 1.64. The molecule has 0 aliphatic carbocycles. The molecular formula is C16H19NO2S2. The smallest absolute Gasteiger partial charge is 0.175 e. The molecule has 0 saturated heterocycles. The quantitative estimate of drug-likeness (QED) is 0.629. The van der Waals surface area contributed by atoms with Gasteiger partial charge < -0.3 is 5.32 Å². The van der Waals surface area contributed by atoms with Crippen LogP contribution in [0.25, 0.3) is 0 Å². The molecule has 0 aliphatic heterocycles. The van der Waals surface area contributed by atoms with E-state index < -0.39 is 9.84 Å². The van der Waals surface area contributed by atoms with Gasteiger partial charge in [0.15, 0.2) is 9.84 Å². The van der Waals surface area contributed by atoms with Crippen molar-refractivity contribution in [1.29, 1.82) is 0 Å². The summed E-state index contributed by atoms with van der Waals surface area (Å²) in [5.74, 6) is 1.01. The van der Waals surface area contributed by atoms with Crippen LogP contribution in [0.5, 0.6) is 0 Å². The van der Waals surface area contributed by atoms with Crippen molar-refractivity contribution >= 4 is 21.6 Å². The fourth-order valence-electron chi connectivity index (χ4n) is 1.84. The van der Waals surface area contributed by atoms with Crippen molar-refractivity contribution in [2.75, 3.05) is 18.6 Å². The summed E-state index contributed by atoms with van der Waals surface area (Å²) in [5.41, 5.74) is 1.09. The van der Waals surface area contributed by atoms with E-state index in [1.54, 1.807) is 12.1 Å². The van der Waals surface area contributed by atoms with Gasteiger partial charge in [-0.15, -0.1) is 11.8 Å². The monoisotopic (exact) mass is 321 g/mol. The molecule has 0 amide bonds. The Morgan fingerprint density at radius 1 is 1.00 bits per heavy atom. The Kier molecular flexibility index (Phi) is 5.85. The van der Waals surface area contributed by atoms with E-state index in [2.05, 4.69) is 17.4 Å². The molecule has 3 nitrogen and oxygen atoms in total. The molecule has 0 saturated carbocycles. The Balaban J connectivity index is 1.71. The van der Waals surface area contributed by atoms with Crippen LogP contribution in [0.1, 0.15) is 5.56 Å². The van der Waals surface area contributed by atoms with Crippen LogP contribution in [0.4, 0.5) is 0 Å². The zero-order valence-electron chi connectivity index (χ0n) is 12.0. The molecule has 2 aromatic carbocycles. The lowest BCUT2D eigenvalue weighted by atomic mass is 10.2. The molecule has 5 heteroatoms. The first-order chi connectivity index (χ1) is 10.1. The summed E-state index contributed by atoms with van der Waals surface area (Å²) >= 11 is 1.82. The first-order valence-electron chi connectivity index (χ1n) is 6.73. The standard InChI is InChI=1S/C16H19NO2S2/c1-21(18,19)16-9-7-14(8-10-16)13-17-11-12-20-15-5-3-2-4-6-15/h2-10,17H,11-13H2,1H3. The Morgan fingerprint density at radius 3 is 2.29 bits per heavy atom. The second kappa shape index (κ2) is 7.64. The first kappa shape index (κ1) is 16.1. The fraction of sp³-hybridized carbons (Fsp3) is 0.250. The number of hydrogen-bond donors (Lipinski definition) is 1. The molecule has 0 aliphatic rings. The zero-order valence-corrected chi connectivity index (χ0v) is 13.6. The van der Waals surface area contributed by atoms with E-state index in [-0.39, 0.29) is 0 Å². The van der Waals surface area contributed by atoms with Gasteiger partial charge in [-0.3, -0.25) is 0 Å². The van der Waals surface area contributed by atoms with Crippen LogP contribution in [0.2, 0.25) is 0 Å². The van der Waals surface area contributed by atoms with E-state index >= 15 is 0 Å². The average molecular weight is 321 g/mol. The second-order valence-electron chi connectivity index (χ2n) is 4.75. The zero-order chi connectivity index (χ0) is 15.1. The summed E-state index contributed by atoms with van der Waals surface area (Å²) in [6.07, 6.45) is 1.22.